The largest absolute Gasteiger partial charge is 0.481 e. The summed E-state index contributed by atoms with van der Waals surface area (Å²) >= 11 is 0. The van der Waals surface area contributed by atoms with E-state index in [1.54, 1.807) is 0 Å². The lowest BCUT2D eigenvalue weighted by atomic mass is 10.0. The van der Waals surface area contributed by atoms with Crippen molar-refractivity contribution in [3.63, 3.8) is 0 Å². The first-order valence-corrected chi connectivity index (χ1v) is 5.75. The maximum Gasteiger partial charge on any atom is 0.390 e. The number of carbonyl (C=O) groups excluding carboxylic acids is 1. The molecule has 0 heterocycles. The quantitative estimate of drug-likeness (QED) is 0.846. The molecular weight excluding hydrogens is 251 g/mol. The Hall–Kier alpha value is -1.27. The molecule has 7 heteroatoms. The van der Waals surface area contributed by atoms with Crippen molar-refractivity contribution in [3.05, 3.63) is 0 Å². The third kappa shape index (κ3) is 4.19. The van der Waals surface area contributed by atoms with E-state index in [2.05, 4.69) is 0 Å². The number of rotatable bonds is 4. The van der Waals surface area contributed by atoms with Gasteiger partial charge in [-0.05, 0) is 19.3 Å². The number of carboxylic acids is 1. The minimum atomic E-state index is -4.28. The first-order valence-electron chi connectivity index (χ1n) is 5.75. The van der Waals surface area contributed by atoms with Crippen LogP contribution in [0.3, 0.4) is 0 Å². The number of nitrogens with zero attached hydrogens (tertiary/aromatic N) is 1. The Balaban J connectivity index is 2.43. The third-order valence-corrected chi connectivity index (χ3v) is 3.24. The van der Waals surface area contributed by atoms with Crippen LogP contribution in [0.4, 0.5) is 13.2 Å². The van der Waals surface area contributed by atoms with Gasteiger partial charge in [0, 0.05) is 19.5 Å². The molecular formula is C11H16F3NO3. The lowest BCUT2D eigenvalue weighted by molar-refractivity contribution is -0.146. The van der Waals surface area contributed by atoms with Gasteiger partial charge in [-0.3, -0.25) is 9.59 Å². The molecule has 0 radical (unpaired) electrons. The Bertz CT molecular complexity index is 330. The monoisotopic (exact) mass is 267 g/mol. The van der Waals surface area contributed by atoms with Gasteiger partial charge in [0.15, 0.2) is 0 Å². The summed E-state index contributed by atoms with van der Waals surface area (Å²) in [4.78, 5) is 23.6. The van der Waals surface area contributed by atoms with Crippen molar-refractivity contribution in [2.24, 2.45) is 11.8 Å². The van der Waals surface area contributed by atoms with Crippen LogP contribution in [0.25, 0.3) is 0 Å². The van der Waals surface area contributed by atoms with Gasteiger partial charge in [0.1, 0.15) is 0 Å². The molecule has 4 nitrogen and oxygen atoms in total. The predicted octanol–water partition coefficient (Wildman–Crippen LogP) is 1.90. The zero-order chi connectivity index (χ0) is 13.9. The average molecular weight is 267 g/mol. The van der Waals surface area contributed by atoms with E-state index in [0.717, 1.165) is 4.90 Å². The maximum absolute atomic E-state index is 12.0. The van der Waals surface area contributed by atoms with Gasteiger partial charge in [-0.15, -0.1) is 0 Å². The minimum Gasteiger partial charge on any atom is -0.481 e. The van der Waals surface area contributed by atoms with Gasteiger partial charge < -0.3 is 10.0 Å². The van der Waals surface area contributed by atoms with Crippen LogP contribution in [0.2, 0.25) is 0 Å². The molecule has 0 aromatic carbocycles. The molecule has 1 amide bonds. The Labute approximate surface area is 103 Å². The van der Waals surface area contributed by atoms with E-state index in [4.69, 9.17) is 5.11 Å². The highest BCUT2D eigenvalue weighted by atomic mass is 19.4. The number of aliphatic carboxylic acids is 1. The number of hydrogen-bond acceptors (Lipinski definition) is 2. The highest BCUT2D eigenvalue weighted by Crippen LogP contribution is 2.32. The van der Waals surface area contributed by atoms with Crippen molar-refractivity contribution in [3.8, 4) is 0 Å². The molecule has 0 spiro atoms. The second-order valence-corrected chi connectivity index (χ2v) is 4.67. The van der Waals surface area contributed by atoms with Crippen LogP contribution < -0.4 is 0 Å². The summed E-state index contributed by atoms with van der Waals surface area (Å²) in [5.74, 6) is -2.33. The van der Waals surface area contributed by atoms with Crippen molar-refractivity contribution >= 4 is 11.9 Å². The number of alkyl halides is 3. The summed E-state index contributed by atoms with van der Waals surface area (Å²) in [5, 5.41) is 8.79. The number of amides is 1. The fourth-order valence-electron chi connectivity index (χ4n) is 2.15. The Morgan fingerprint density at radius 1 is 1.28 bits per heavy atom. The molecule has 0 aromatic heterocycles. The van der Waals surface area contributed by atoms with E-state index in [1.165, 1.54) is 7.05 Å². The van der Waals surface area contributed by atoms with E-state index >= 15 is 0 Å². The fraction of sp³-hybridized carbons (Fsp3) is 0.818. The number of hydrogen-bond donors (Lipinski definition) is 1. The van der Waals surface area contributed by atoms with E-state index in [-0.39, 0.29) is 18.9 Å². The van der Waals surface area contributed by atoms with Crippen molar-refractivity contribution < 1.29 is 27.9 Å². The van der Waals surface area contributed by atoms with Crippen LogP contribution in [-0.2, 0) is 9.59 Å². The van der Waals surface area contributed by atoms with Gasteiger partial charge in [0.2, 0.25) is 5.91 Å². The van der Waals surface area contributed by atoms with Crippen LogP contribution in [0.1, 0.15) is 25.7 Å². The molecule has 1 saturated carbocycles. The van der Waals surface area contributed by atoms with Gasteiger partial charge in [-0.2, -0.15) is 13.2 Å². The molecule has 2 atom stereocenters. The second-order valence-electron chi connectivity index (χ2n) is 4.67. The van der Waals surface area contributed by atoms with Crippen LogP contribution >= 0.6 is 0 Å². The Kier molecular flexibility index (Phi) is 4.59. The van der Waals surface area contributed by atoms with Crippen LogP contribution in [0.15, 0.2) is 0 Å². The topological polar surface area (TPSA) is 57.6 Å². The van der Waals surface area contributed by atoms with Crippen LogP contribution in [0, 0.1) is 11.8 Å². The maximum atomic E-state index is 12.0. The number of halogens is 3. The summed E-state index contributed by atoms with van der Waals surface area (Å²) in [7, 11) is 1.32. The minimum absolute atomic E-state index is 0.227. The average Bonchev–Trinajstić information content (AvgIpc) is 2.73. The highest BCUT2D eigenvalue weighted by Gasteiger charge is 2.36. The molecule has 0 aliphatic heterocycles. The summed E-state index contributed by atoms with van der Waals surface area (Å²) < 4.78 is 36.0. The summed E-state index contributed by atoms with van der Waals surface area (Å²) in [5.41, 5.74) is 0. The summed E-state index contributed by atoms with van der Waals surface area (Å²) in [6, 6.07) is 0. The molecule has 0 aromatic rings. The van der Waals surface area contributed by atoms with Crippen LogP contribution in [0.5, 0.6) is 0 Å². The first-order chi connectivity index (χ1) is 8.20. The molecule has 1 rings (SSSR count). The molecule has 0 bridgehead atoms. The van der Waals surface area contributed by atoms with E-state index in [0.29, 0.717) is 12.8 Å². The molecule has 0 saturated heterocycles. The fourth-order valence-corrected chi connectivity index (χ4v) is 2.15. The molecule has 1 aliphatic rings. The lowest BCUT2D eigenvalue weighted by Gasteiger charge is -2.21. The standard InChI is InChI=1S/C11H16F3NO3/c1-15(5-4-11(12,13)14)9(16)7-2-3-8(6-7)10(17)18/h7-8H,2-6H2,1H3,(H,17,18)/t7-,8+/m1/s1. The van der Waals surface area contributed by atoms with E-state index in [9.17, 15) is 22.8 Å². The Morgan fingerprint density at radius 3 is 2.28 bits per heavy atom. The third-order valence-electron chi connectivity index (χ3n) is 3.24. The van der Waals surface area contributed by atoms with Gasteiger partial charge in [0.25, 0.3) is 0 Å². The van der Waals surface area contributed by atoms with Gasteiger partial charge in [-0.25, -0.2) is 0 Å². The Morgan fingerprint density at radius 2 is 1.83 bits per heavy atom. The first kappa shape index (κ1) is 14.8. The van der Waals surface area contributed by atoms with E-state index in [1.807, 2.05) is 0 Å². The van der Waals surface area contributed by atoms with Gasteiger partial charge in [-0.1, -0.05) is 0 Å². The van der Waals surface area contributed by atoms with Crippen molar-refractivity contribution in [2.75, 3.05) is 13.6 Å². The van der Waals surface area contributed by atoms with Crippen molar-refractivity contribution in [2.45, 2.75) is 31.9 Å². The second kappa shape index (κ2) is 5.58. The normalized spacial score (nSPS) is 24.0. The molecule has 1 aliphatic carbocycles. The smallest absolute Gasteiger partial charge is 0.390 e. The summed E-state index contributed by atoms with van der Waals surface area (Å²) in [6.07, 6.45) is -4.24. The summed E-state index contributed by atoms with van der Waals surface area (Å²) in [6.45, 7) is -0.378. The SMILES string of the molecule is CN(CCC(F)(F)F)C(=O)[C@@H]1CC[C@H](C(=O)O)C1. The highest BCUT2D eigenvalue weighted by molar-refractivity contribution is 5.80. The number of carboxylic acid groups (broad SMARTS) is 1. The van der Waals surface area contributed by atoms with Gasteiger partial charge in [0.05, 0.1) is 12.3 Å². The predicted molar refractivity (Wildman–Crippen MR) is 56.8 cm³/mol. The molecule has 104 valence electrons. The van der Waals surface area contributed by atoms with Crippen molar-refractivity contribution in [1.82, 2.24) is 4.90 Å². The lowest BCUT2D eigenvalue weighted by Crippen LogP contribution is -2.34. The zero-order valence-electron chi connectivity index (χ0n) is 10.0. The molecule has 18 heavy (non-hydrogen) atoms. The van der Waals surface area contributed by atoms with Crippen molar-refractivity contribution in [1.29, 1.82) is 0 Å². The molecule has 0 unspecified atom stereocenters. The molecule has 1 fully saturated rings. The molecule has 1 N–H and O–H groups in total. The number of carbonyl (C=O) groups is 2. The van der Waals surface area contributed by atoms with Gasteiger partial charge >= 0.3 is 12.1 Å². The van der Waals surface area contributed by atoms with E-state index < -0.39 is 30.4 Å². The zero-order valence-corrected chi connectivity index (χ0v) is 10.0. The van der Waals surface area contributed by atoms with Crippen LogP contribution in [-0.4, -0.2) is 41.7 Å².